The SMILES string of the molecule is Br.CN1CCC(=O)CC1Br. The number of rotatable bonds is 0. The first-order valence-corrected chi connectivity index (χ1v) is 3.98. The number of carbonyl (C=O) groups is 1. The molecule has 60 valence electrons. The van der Waals surface area contributed by atoms with Crippen LogP contribution in [0.2, 0.25) is 0 Å². The van der Waals surface area contributed by atoms with E-state index >= 15 is 0 Å². The second kappa shape index (κ2) is 4.46. The van der Waals surface area contributed by atoms with E-state index in [1.807, 2.05) is 7.05 Å². The monoisotopic (exact) mass is 271 g/mol. The van der Waals surface area contributed by atoms with Gasteiger partial charge in [-0.15, -0.1) is 17.0 Å². The third-order valence-electron chi connectivity index (χ3n) is 1.62. The summed E-state index contributed by atoms with van der Waals surface area (Å²) in [6.07, 6.45) is 1.38. The average Bonchev–Trinajstić information content (AvgIpc) is 1.80. The van der Waals surface area contributed by atoms with Gasteiger partial charge in [0.2, 0.25) is 0 Å². The molecule has 1 rings (SSSR count). The van der Waals surface area contributed by atoms with Gasteiger partial charge in [-0.1, -0.05) is 15.9 Å². The molecule has 0 saturated carbocycles. The molecule has 0 spiro atoms. The lowest BCUT2D eigenvalue weighted by atomic mass is 10.1. The van der Waals surface area contributed by atoms with Crippen molar-refractivity contribution in [2.24, 2.45) is 0 Å². The zero-order valence-electron chi connectivity index (χ0n) is 5.84. The van der Waals surface area contributed by atoms with E-state index in [0.717, 1.165) is 13.0 Å². The van der Waals surface area contributed by atoms with Gasteiger partial charge in [-0.3, -0.25) is 9.69 Å². The number of halogens is 2. The Balaban J connectivity index is 0.000000810. The summed E-state index contributed by atoms with van der Waals surface area (Å²) in [4.78, 5) is 13.2. The van der Waals surface area contributed by atoms with Crippen LogP contribution in [0.5, 0.6) is 0 Å². The van der Waals surface area contributed by atoms with Crippen LogP contribution in [0.3, 0.4) is 0 Å². The number of alkyl halides is 1. The largest absolute Gasteiger partial charge is 0.300 e. The molecular formula is C6H11Br2NO. The molecule has 1 unspecified atom stereocenters. The van der Waals surface area contributed by atoms with Gasteiger partial charge >= 0.3 is 0 Å². The fourth-order valence-electron chi connectivity index (χ4n) is 0.887. The first-order chi connectivity index (χ1) is 4.20. The van der Waals surface area contributed by atoms with Crippen molar-refractivity contribution in [1.29, 1.82) is 0 Å². The van der Waals surface area contributed by atoms with E-state index in [1.54, 1.807) is 0 Å². The molecule has 1 fully saturated rings. The highest BCUT2D eigenvalue weighted by Gasteiger charge is 2.20. The first-order valence-electron chi connectivity index (χ1n) is 3.06. The number of carbonyl (C=O) groups excluding carboxylic acids is 1. The van der Waals surface area contributed by atoms with Crippen molar-refractivity contribution in [2.45, 2.75) is 17.8 Å². The van der Waals surface area contributed by atoms with Crippen molar-refractivity contribution in [3.63, 3.8) is 0 Å². The van der Waals surface area contributed by atoms with E-state index in [1.165, 1.54) is 0 Å². The Kier molecular flexibility index (Phi) is 4.73. The van der Waals surface area contributed by atoms with Crippen LogP contribution in [0.4, 0.5) is 0 Å². The summed E-state index contributed by atoms with van der Waals surface area (Å²) >= 11 is 3.40. The standard InChI is InChI=1S/C6H10BrNO.BrH/c1-8-3-2-5(9)4-6(8)7;/h6H,2-4H2,1H3;1H. The van der Waals surface area contributed by atoms with Crippen LogP contribution in [0, 0.1) is 0 Å². The molecule has 0 radical (unpaired) electrons. The third kappa shape index (κ3) is 2.68. The van der Waals surface area contributed by atoms with Gasteiger partial charge in [-0.25, -0.2) is 0 Å². The topological polar surface area (TPSA) is 20.3 Å². The number of ketones is 1. The van der Waals surface area contributed by atoms with Crippen LogP contribution in [-0.4, -0.2) is 29.2 Å². The van der Waals surface area contributed by atoms with Crippen molar-refractivity contribution in [2.75, 3.05) is 13.6 Å². The fourth-order valence-corrected chi connectivity index (χ4v) is 1.45. The zero-order chi connectivity index (χ0) is 6.85. The molecule has 0 aliphatic carbocycles. The van der Waals surface area contributed by atoms with Crippen LogP contribution in [0.25, 0.3) is 0 Å². The van der Waals surface area contributed by atoms with Crippen molar-refractivity contribution in [3.05, 3.63) is 0 Å². The summed E-state index contributed by atoms with van der Waals surface area (Å²) in [5, 5.41) is 0. The smallest absolute Gasteiger partial charge is 0.136 e. The maximum atomic E-state index is 10.8. The maximum Gasteiger partial charge on any atom is 0.136 e. The van der Waals surface area contributed by atoms with Gasteiger partial charge in [0.15, 0.2) is 0 Å². The van der Waals surface area contributed by atoms with Gasteiger partial charge < -0.3 is 0 Å². The molecule has 10 heavy (non-hydrogen) atoms. The molecule has 1 atom stereocenters. The highest BCUT2D eigenvalue weighted by molar-refractivity contribution is 9.09. The van der Waals surface area contributed by atoms with Crippen LogP contribution in [-0.2, 0) is 4.79 Å². The van der Waals surface area contributed by atoms with Gasteiger partial charge in [-0.05, 0) is 7.05 Å². The molecule has 2 nitrogen and oxygen atoms in total. The minimum Gasteiger partial charge on any atom is -0.300 e. The summed E-state index contributed by atoms with van der Waals surface area (Å²) in [7, 11) is 2.02. The van der Waals surface area contributed by atoms with Crippen molar-refractivity contribution >= 4 is 38.7 Å². The molecule has 0 bridgehead atoms. The van der Waals surface area contributed by atoms with Gasteiger partial charge in [0.05, 0.1) is 4.95 Å². The molecule has 0 aromatic rings. The molecular weight excluding hydrogens is 262 g/mol. The summed E-state index contributed by atoms with van der Waals surface area (Å²) < 4.78 is 0. The molecule has 1 aliphatic rings. The van der Waals surface area contributed by atoms with E-state index in [2.05, 4.69) is 20.8 Å². The minimum absolute atomic E-state index is 0. The predicted octanol–water partition coefficient (Wildman–Crippen LogP) is 1.58. The molecule has 0 aromatic carbocycles. The highest BCUT2D eigenvalue weighted by atomic mass is 79.9. The van der Waals surface area contributed by atoms with Crippen LogP contribution in [0.1, 0.15) is 12.8 Å². The van der Waals surface area contributed by atoms with Gasteiger partial charge in [-0.2, -0.15) is 0 Å². The normalized spacial score (nSPS) is 27.8. The van der Waals surface area contributed by atoms with E-state index in [4.69, 9.17) is 0 Å². The number of piperidine rings is 1. The quantitative estimate of drug-likeness (QED) is 0.493. The summed E-state index contributed by atoms with van der Waals surface area (Å²) in [5.74, 6) is 0.370. The second-order valence-electron chi connectivity index (χ2n) is 2.41. The Morgan fingerprint density at radius 1 is 1.70 bits per heavy atom. The average molecular weight is 273 g/mol. The van der Waals surface area contributed by atoms with E-state index in [9.17, 15) is 4.79 Å². The van der Waals surface area contributed by atoms with Crippen LogP contribution >= 0.6 is 32.9 Å². The van der Waals surface area contributed by atoms with E-state index in [0.29, 0.717) is 12.2 Å². The molecule has 1 saturated heterocycles. The number of likely N-dealkylation sites (tertiary alicyclic amines) is 1. The Hall–Kier alpha value is 0.590. The van der Waals surface area contributed by atoms with Crippen LogP contribution < -0.4 is 0 Å². The molecule has 4 heteroatoms. The minimum atomic E-state index is 0. The van der Waals surface area contributed by atoms with Crippen molar-refractivity contribution in [3.8, 4) is 0 Å². The predicted molar refractivity (Wildman–Crippen MR) is 49.9 cm³/mol. The lowest BCUT2D eigenvalue weighted by molar-refractivity contribution is -0.121. The molecule has 1 aliphatic heterocycles. The number of nitrogens with zero attached hydrogens (tertiary/aromatic N) is 1. The fraction of sp³-hybridized carbons (Fsp3) is 0.833. The molecule has 0 N–H and O–H groups in total. The Morgan fingerprint density at radius 2 is 2.30 bits per heavy atom. The Bertz CT molecular complexity index is 129. The van der Waals surface area contributed by atoms with E-state index < -0.39 is 0 Å². The molecule has 1 heterocycles. The highest BCUT2D eigenvalue weighted by Crippen LogP contribution is 2.16. The van der Waals surface area contributed by atoms with Crippen LogP contribution in [0.15, 0.2) is 0 Å². The lowest BCUT2D eigenvalue weighted by Gasteiger charge is -2.26. The number of hydrogen-bond donors (Lipinski definition) is 0. The second-order valence-corrected chi connectivity index (χ2v) is 3.46. The van der Waals surface area contributed by atoms with Crippen molar-refractivity contribution in [1.82, 2.24) is 4.90 Å². The summed E-state index contributed by atoms with van der Waals surface area (Å²) in [5.41, 5.74) is 0. The summed E-state index contributed by atoms with van der Waals surface area (Å²) in [6, 6.07) is 0. The van der Waals surface area contributed by atoms with Gasteiger partial charge in [0, 0.05) is 19.4 Å². The summed E-state index contributed by atoms with van der Waals surface area (Å²) in [6.45, 7) is 0.898. The van der Waals surface area contributed by atoms with Crippen molar-refractivity contribution < 1.29 is 4.79 Å². The Labute approximate surface area is 79.9 Å². The van der Waals surface area contributed by atoms with E-state index in [-0.39, 0.29) is 21.9 Å². The van der Waals surface area contributed by atoms with Gasteiger partial charge in [0.1, 0.15) is 5.78 Å². The third-order valence-corrected chi connectivity index (χ3v) is 2.64. The maximum absolute atomic E-state index is 10.8. The first kappa shape index (κ1) is 10.6. The number of hydrogen-bond acceptors (Lipinski definition) is 2. The molecule has 0 amide bonds. The van der Waals surface area contributed by atoms with Gasteiger partial charge in [0.25, 0.3) is 0 Å². The number of Topliss-reactive ketones (excluding diaryl/α,β-unsaturated/α-hetero) is 1. The Morgan fingerprint density at radius 3 is 2.70 bits per heavy atom. The lowest BCUT2D eigenvalue weighted by Crippen LogP contribution is -2.35. The molecule has 0 aromatic heterocycles. The zero-order valence-corrected chi connectivity index (χ0v) is 9.14.